The van der Waals surface area contributed by atoms with Crippen molar-refractivity contribution in [2.24, 2.45) is 0 Å². The van der Waals surface area contributed by atoms with Crippen LogP contribution in [0.2, 0.25) is 0 Å². The molecule has 0 aliphatic heterocycles. The van der Waals surface area contributed by atoms with Crippen molar-refractivity contribution in [1.29, 1.82) is 0 Å². The molecule has 0 bridgehead atoms. The van der Waals surface area contributed by atoms with E-state index >= 15 is 0 Å². The molecule has 0 saturated heterocycles. The lowest BCUT2D eigenvalue weighted by Gasteiger charge is -2.11. The van der Waals surface area contributed by atoms with Crippen molar-refractivity contribution in [2.45, 2.75) is 24.8 Å². The molecule has 8 heteroatoms. The lowest BCUT2D eigenvalue weighted by atomic mass is 10.1. The Hall–Kier alpha value is -2.74. The molecule has 3 rings (SSSR count). The van der Waals surface area contributed by atoms with Crippen LogP contribution in [0.25, 0.3) is 5.69 Å². The molecule has 0 aliphatic rings. The van der Waals surface area contributed by atoms with E-state index in [1.807, 2.05) is 32.0 Å². The molecule has 2 aromatic heterocycles. The summed E-state index contributed by atoms with van der Waals surface area (Å²) in [4.78, 5) is 19.8. The standard InChI is InChI=1S/C16H15N5O2S/c1-10-5-3-6-12(11(10)2)21-13(14(15(22)23)19-20-21)9-24-16-17-7-4-8-18-16/h3-8H,9H2,1-2H3,(H,22,23). The molecule has 0 unspecified atom stereocenters. The highest BCUT2D eigenvalue weighted by Crippen LogP contribution is 2.25. The number of rotatable bonds is 5. The molecule has 0 fully saturated rings. The monoisotopic (exact) mass is 341 g/mol. The highest BCUT2D eigenvalue weighted by atomic mass is 32.2. The summed E-state index contributed by atoms with van der Waals surface area (Å²) >= 11 is 1.34. The van der Waals surface area contributed by atoms with Gasteiger partial charge in [0.05, 0.1) is 11.4 Å². The highest BCUT2D eigenvalue weighted by Gasteiger charge is 2.21. The van der Waals surface area contributed by atoms with Gasteiger partial charge in [0.25, 0.3) is 0 Å². The van der Waals surface area contributed by atoms with Gasteiger partial charge in [0.1, 0.15) is 0 Å². The van der Waals surface area contributed by atoms with E-state index < -0.39 is 5.97 Å². The van der Waals surface area contributed by atoms with Crippen LogP contribution in [0.15, 0.2) is 41.8 Å². The second kappa shape index (κ2) is 6.79. The van der Waals surface area contributed by atoms with E-state index in [0.29, 0.717) is 16.6 Å². The molecule has 7 nitrogen and oxygen atoms in total. The molecule has 24 heavy (non-hydrogen) atoms. The molecule has 1 N–H and O–H groups in total. The van der Waals surface area contributed by atoms with Crippen molar-refractivity contribution in [1.82, 2.24) is 25.0 Å². The van der Waals surface area contributed by atoms with Crippen molar-refractivity contribution in [3.05, 3.63) is 59.2 Å². The Kier molecular flexibility index (Phi) is 4.57. The Morgan fingerprint density at radius 3 is 2.67 bits per heavy atom. The number of carboxylic acid groups (broad SMARTS) is 1. The second-order valence-corrected chi connectivity index (χ2v) is 6.08. The Balaban J connectivity index is 2.01. The Labute approximate surface area is 142 Å². The Morgan fingerprint density at radius 1 is 1.21 bits per heavy atom. The zero-order valence-corrected chi connectivity index (χ0v) is 14.0. The zero-order valence-electron chi connectivity index (χ0n) is 13.2. The molecule has 0 spiro atoms. The zero-order chi connectivity index (χ0) is 17.1. The maximum absolute atomic E-state index is 11.5. The maximum atomic E-state index is 11.5. The first-order chi connectivity index (χ1) is 11.6. The molecule has 3 aromatic rings. The van der Waals surface area contributed by atoms with E-state index in [-0.39, 0.29) is 5.69 Å². The van der Waals surface area contributed by atoms with Crippen LogP contribution >= 0.6 is 11.8 Å². The number of aryl methyl sites for hydroxylation is 1. The fourth-order valence-electron chi connectivity index (χ4n) is 2.25. The molecule has 0 amide bonds. The molecule has 2 heterocycles. The summed E-state index contributed by atoms with van der Waals surface area (Å²) in [6.45, 7) is 3.98. The normalized spacial score (nSPS) is 10.8. The fraction of sp³-hybridized carbons (Fsp3) is 0.188. The number of benzene rings is 1. The second-order valence-electron chi connectivity index (χ2n) is 5.14. The van der Waals surface area contributed by atoms with E-state index in [2.05, 4.69) is 20.3 Å². The number of carbonyl (C=O) groups is 1. The van der Waals surface area contributed by atoms with Gasteiger partial charge >= 0.3 is 5.97 Å². The third-order valence-corrected chi connectivity index (χ3v) is 4.54. The van der Waals surface area contributed by atoms with E-state index in [1.54, 1.807) is 23.1 Å². The summed E-state index contributed by atoms with van der Waals surface area (Å²) in [5.74, 6) is -0.748. The van der Waals surface area contributed by atoms with Crippen molar-refractivity contribution in [2.75, 3.05) is 0 Å². The predicted molar refractivity (Wildman–Crippen MR) is 89.4 cm³/mol. The van der Waals surface area contributed by atoms with Crippen LogP contribution in [0.3, 0.4) is 0 Å². The van der Waals surface area contributed by atoms with Gasteiger partial charge in [-0.15, -0.1) is 5.10 Å². The van der Waals surface area contributed by atoms with Crippen LogP contribution < -0.4 is 0 Å². The summed E-state index contributed by atoms with van der Waals surface area (Å²) in [5, 5.41) is 17.9. The van der Waals surface area contributed by atoms with Gasteiger partial charge in [-0.05, 0) is 37.1 Å². The number of thioether (sulfide) groups is 1. The number of aromatic carboxylic acids is 1. The van der Waals surface area contributed by atoms with Gasteiger partial charge in [0, 0.05) is 18.1 Å². The van der Waals surface area contributed by atoms with Gasteiger partial charge in [-0.2, -0.15) is 0 Å². The SMILES string of the molecule is Cc1cccc(-n2nnc(C(=O)O)c2CSc2ncccn2)c1C. The van der Waals surface area contributed by atoms with Crippen molar-refractivity contribution in [3.63, 3.8) is 0 Å². The molecule has 122 valence electrons. The van der Waals surface area contributed by atoms with Gasteiger partial charge < -0.3 is 5.11 Å². The number of nitrogens with zero attached hydrogens (tertiary/aromatic N) is 5. The topological polar surface area (TPSA) is 93.8 Å². The Morgan fingerprint density at radius 2 is 1.96 bits per heavy atom. The summed E-state index contributed by atoms with van der Waals surface area (Å²) in [6.07, 6.45) is 3.29. The Bertz CT molecular complexity index is 879. The van der Waals surface area contributed by atoms with E-state index in [0.717, 1.165) is 16.8 Å². The molecule has 0 radical (unpaired) electrons. The van der Waals surface area contributed by atoms with Crippen LogP contribution in [0.4, 0.5) is 0 Å². The fourth-order valence-corrected chi connectivity index (χ4v) is 3.04. The molecular weight excluding hydrogens is 326 g/mol. The third-order valence-electron chi connectivity index (χ3n) is 3.65. The van der Waals surface area contributed by atoms with E-state index in [4.69, 9.17) is 0 Å². The third kappa shape index (κ3) is 3.13. The number of carboxylic acids is 1. The van der Waals surface area contributed by atoms with Gasteiger partial charge in [-0.25, -0.2) is 19.4 Å². The summed E-state index contributed by atoms with van der Waals surface area (Å²) in [6, 6.07) is 7.54. The van der Waals surface area contributed by atoms with Gasteiger partial charge in [0.15, 0.2) is 10.9 Å². The van der Waals surface area contributed by atoms with Gasteiger partial charge in [0.2, 0.25) is 0 Å². The summed E-state index contributed by atoms with van der Waals surface area (Å²) in [5.41, 5.74) is 3.40. The van der Waals surface area contributed by atoms with Crippen molar-refractivity contribution < 1.29 is 9.90 Å². The van der Waals surface area contributed by atoms with E-state index in [9.17, 15) is 9.90 Å². The summed E-state index contributed by atoms with van der Waals surface area (Å²) < 4.78 is 1.59. The highest BCUT2D eigenvalue weighted by molar-refractivity contribution is 7.98. The molecule has 0 atom stereocenters. The molecular formula is C16H15N5O2S. The molecule has 0 saturated carbocycles. The smallest absolute Gasteiger partial charge is 0.358 e. The first-order valence-electron chi connectivity index (χ1n) is 7.22. The van der Waals surface area contributed by atoms with Crippen LogP contribution in [-0.4, -0.2) is 36.0 Å². The largest absolute Gasteiger partial charge is 0.476 e. The average Bonchev–Trinajstić information content (AvgIpc) is 3.00. The predicted octanol–water partition coefficient (Wildman–Crippen LogP) is 2.66. The van der Waals surface area contributed by atoms with E-state index in [1.165, 1.54) is 11.8 Å². The first-order valence-corrected chi connectivity index (χ1v) is 8.20. The summed E-state index contributed by atoms with van der Waals surface area (Å²) in [7, 11) is 0. The van der Waals surface area contributed by atoms with Crippen molar-refractivity contribution >= 4 is 17.7 Å². The quantitative estimate of drug-likeness (QED) is 0.563. The van der Waals surface area contributed by atoms with Crippen molar-refractivity contribution in [3.8, 4) is 5.69 Å². The molecule has 1 aromatic carbocycles. The minimum absolute atomic E-state index is 0.0562. The maximum Gasteiger partial charge on any atom is 0.358 e. The van der Waals surface area contributed by atoms with Crippen LogP contribution in [0.5, 0.6) is 0 Å². The number of hydrogen-bond donors (Lipinski definition) is 1. The minimum atomic E-state index is -1.10. The van der Waals surface area contributed by atoms with Crippen LogP contribution in [-0.2, 0) is 5.75 Å². The van der Waals surface area contributed by atoms with Crippen LogP contribution in [0, 0.1) is 13.8 Å². The lowest BCUT2D eigenvalue weighted by molar-refractivity contribution is 0.0689. The first kappa shape index (κ1) is 16.1. The lowest BCUT2D eigenvalue weighted by Crippen LogP contribution is -2.08. The van der Waals surface area contributed by atoms with Gasteiger partial charge in [-0.1, -0.05) is 29.1 Å². The molecule has 0 aliphatic carbocycles. The number of aromatic nitrogens is 5. The average molecular weight is 341 g/mol. The number of hydrogen-bond acceptors (Lipinski definition) is 6. The van der Waals surface area contributed by atoms with Crippen LogP contribution in [0.1, 0.15) is 27.3 Å². The van der Waals surface area contributed by atoms with Gasteiger partial charge in [-0.3, -0.25) is 0 Å². The minimum Gasteiger partial charge on any atom is -0.476 e.